The molecule has 1 unspecified atom stereocenters. The van der Waals surface area contributed by atoms with Crippen LogP contribution in [-0.4, -0.2) is 5.90 Å². The summed E-state index contributed by atoms with van der Waals surface area (Å²) in [5.41, 5.74) is 3.15. The second-order valence-electron chi connectivity index (χ2n) is 6.86. The first-order chi connectivity index (χ1) is 13.8. The standard InChI is InChI=1S/C22H24O5P2/c1-17-4-10-20(11-5-17)25-28(23)16-29(24,26-21-12-6-18(2)7-13-21)27-22-14-8-19(3)9-15-22/h4-15,28H,16H2,1-3H3. The van der Waals surface area contributed by atoms with Gasteiger partial charge in [-0.25, -0.2) is 4.57 Å². The minimum Gasteiger partial charge on any atom is -0.444 e. The monoisotopic (exact) mass is 430 g/mol. The summed E-state index contributed by atoms with van der Waals surface area (Å²) in [4.78, 5) is 0. The van der Waals surface area contributed by atoms with Crippen molar-refractivity contribution in [3.8, 4) is 17.2 Å². The molecule has 0 bridgehead atoms. The largest absolute Gasteiger partial charge is 0.444 e. The second-order valence-corrected chi connectivity index (χ2v) is 10.7. The highest BCUT2D eigenvalue weighted by Crippen LogP contribution is 2.54. The van der Waals surface area contributed by atoms with Gasteiger partial charge in [-0.3, -0.25) is 4.57 Å². The van der Waals surface area contributed by atoms with E-state index in [1.54, 1.807) is 36.4 Å². The van der Waals surface area contributed by atoms with Gasteiger partial charge in [0.2, 0.25) is 0 Å². The molecule has 1 atom stereocenters. The van der Waals surface area contributed by atoms with E-state index in [4.69, 9.17) is 13.6 Å². The van der Waals surface area contributed by atoms with Crippen LogP contribution in [0.25, 0.3) is 0 Å². The van der Waals surface area contributed by atoms with E-state index in [0.29, 0.717) is 17.2 Å². The van der Waals surface area contributed by atoms with Gasteiger partial charge in [0, 0.05) is 0 Å². The molecule has 0 saturated carbocycles. The summed E-state index contributed by atoms with van der Waals surface area (Å²) in [6.45, 7) is 5.84. The van der Waals surface area contributed by atoms with Crippen LogP contribution in [0.1, 0.15) is 16.7 Å². The van der Waals surface area contributed by atoms with Gasteiger partial charge in [-0.15, -0.1) is 0 Å². The Balaban J connectivity index is 1.79. The summed E-state index contributed by atoms with van der Waals surface area (Å²) in [5, 5.41) is 0. The fraction of sp³-hybridized carbons (Fsp3) is 0.182. The van der Waals surface area contributed by atoms with E-state index in [0.717, 1.165) is 16.7 Å². The summed E-state index contributed by atoms with van der Waals surface area (Å²) >= 11 is 0. The Hall–Kier alpha value is -2.48. The van der Waals surface area contributed by atoms with Crippen molar-refractivity contribution >= 4 is 15.6 Å². The summed E-state index contributed by atoms with van der Waals surface area (Å²) in [5.74, 6) is 0.886. The molecule has 0 spiro atoms. The van der Waals surface area contributed by atoms with Crippen molar-refractivity contribution in [2.45, 2.75) is 20.8 Å². The maximum atomic E-state index is 13.5. The van der Waals surface area contributed by atoms with E-state index in [2.05, 4.69) is 0 Å². The third-order valence-electron chi connectivity index (χ3n) is 4.11. The topological polar surface area (TPSA) is 61.8 Å². The highest BCUT2D eigenvalue weighted by Gasteiger charge is 2.32. The van der Waals surface area contributed by atoms with Crippen LogP contribution in [0.3, 0.4) is 0 Å². The molecule has 0 heterocycles. The lowest BCUT2D eigenvalue weighted by Crippen LogP contribution is -2.04. The molecule has 0 N–H and O–H groups in total. The number of benzene rings is 3. The number of hydrogen-bond acceptors (Lipinski definition) is 5. The van der Waals surface area contributed by atoms with E-state index in [1.807, 2.05) is 57.2 Å². The van der Waals surface area contributed by atoms with Gasteiger partial charge in [-0.05, 0) is 57.2 Å². The van der Waals surface area contributed by atoms with Crippen molar-refractivity contribution in [1.82, 2.24) is 0 Å². The lowest BCUT2D eigenvalue weighted by molar-refractivity contribution is 0.389. The summed E-state index contributed by atoms with van der Waals surface area (Å²) < 4.78 is 43.0. The fourth-order valence-electron chi connectivity index (χ4n) is 2.53. The van der Waals surface area contributed by atoms with Crippen LogP contribution in [0.15, 0.2) is 72.8 Å². The molecule has 0 aliphatic heterocycles. The average Bonchev–Trinajstić information content (AvgIpc) is 2.67. The van der Waals surface area contributed by atoms with Gasteiger partial charge in [0.25, 0.3) is 8.03 Å². The molecule has 0 aliphatic carbocycles. The van der Waals surface area contributed by atoms with E-state index in [9.17, 15) is 9.13 Å². The first-order valence-electron chi connectivity index (χ1n) is 9.20. The van der Waals surface area contributed by atoms with Crippen molar-refractivity contribution < 1.29 is 22.7 Å². The Labute approximate surface area is 172 Å². The number of hydrogen-bond donors (Lipinski definition) is 0. The summed E-state index contributed by atoms with van der Waals surface area (Å²) in [6, 6.07) is 21.4. The maximum absolute atomic E-state index is 13.5. The Morgan fingerprint density at radius 2 is 1.00 bits per heavy atom. The molecule has 0 aromatic heterocycles. The molecule has 3 aromatic carbocycles. The molecule has 5 nitrogen and oxygen atoms in total. The van der Waals surface area contributed by atoms with Crippen molar-refractivity contribution in [2.24, 2.45) is 0 Å². The molecule has 0 radical (unpaired) electrons. The molecule has 0 saturated heterocycles. The normalized spacial score (nSPS) is 12.2. The zero-order chi connectivity index (χ0) is 20.9. The van der Waals surface area contributed by atoms with Crippen LogP contribution in [0.4, 0.5) is 0 Å². The quantitative estimate of drug-likeness (QED) is 0.369. The highest BCUT2D eigenvalue weighted by molar-refractivity contribution is 7.66. The smallest absolute Gasteiger partial charge is 0.441 e. The molecule has 0 aliphatic rings. The van der Waals surface area contributed by atoms with Crippen LogP contribution >= 0.6 is 15.6 Å². The van der Waals surface area contributed by atoms with E-state index >= 15 is 0 Å². The third kappa shape index (κ3) is 6.52. The Kier molecular flexibility index (Phi) is 6.84. The van der Waals surface area contributed by atoms with Crippen LogP contribution in [0.5, 0.6) is 17.2 Å². The predicted molar refractivity (Wildman–Crippen MR) is 117 cm³/mol. The van der Waals surface area contributed by atoms with Crippen LogP contribution in [0, 0.1) is 20.8 Å². The molecule has 0 fully saturated rings. The van der Waals surface area contributed by atoms with Gasteiger partial charge in [0.1, 0.15) is 17.2 Å². The lowest BCUT2D eigenvalue weighted by atomic mass is 10.2. The van der Waals surface area contributed by atoms with E-state index in [1.165, 1.54) is 0 Å². The zero-order valence-electron chi connectivity index (χ0n) is 16.6. The maximum Gasteiger partial charge on any atom is 0.441 e. The Bertz CT molecular complexity index is 961. The molecular formula is C22H24O5P2. The van der Waals surface area contributed by atoms with Gasteiger partial charge in [-0.1, -0.05) is 53.1 Å². The van der Waals surface area contributed by atoms with Crippen LogP contribution in [0.2, 0.25) is 0 Å². The molecule has 152 valence electrons. The Morgan fingerprint density at radius 1 is 0.655 bits per heavy atom. The van der Waals surface area contributed by atoms with Crippen molar-refractivity contribution in [3.63, 3.8) is 0 Å². The third-order valence-corrected chi connectivity index (χ3v) is 8.13. The van der Waals surface area contributed by atoms with Gasteiger partial charge in [-0.2, -0.15) is 0 Å². The predicted octanol–water partition coefficient (Wildman–Crippen LogP) is 6.77. The highest BCUT2D eigenvalue weighted by atomic mass is 31.2. The second kappa shape index (κ2) is 9.35. The zero-order valence-corrected chi connectivity index (χ0v) is 18.5. The summed E-state index contributed by atoms with van der Waals surface area (Å²) in [6.07, 6.45) is 0. The summed E-state index contributed by atoms with van der Waals surface area (Å²) in [7, 11) is -6.52. The SMILES string of the molecule is Cc1ccc(O[PH](=O)CP(=O)(Oc2ccc(C)cc2)Oc2ccc(C)cc2)cc1. The molecule has 7 heteroatoms. The van der Waals surface area contributed by atoms with Gasteiger partial charge < -0.3 is 13.6 Å². The fourth-order valence-corrected chi connectivity index (χ4v) is 5.89. The number of rotatable bonds is 8. The Morgan fingerprint density at radius 3 is 1.38 bits per heavy atom. The molecular weight excluding hydrogens is 406 g/mol. The number of aryl methyl sites for hydroxylation is 3. The van der Waals surface area contributed by atoms with Crippen LogP contribution in [-0.2, 0) is 9.13 Å². The van der Waals surface area contributed by atoms with Crippen molar-refractivity contribution in [2.75, 3.05) is 5.90 Å². The molecule has 29 heavy (non-hydrogen) atoms. The minimum absolute atomic E-state index is 0.340. The molecule has 0 amide bonds. The first-order valence-corrected chi connectivity index (χ1v) is 12.5. The van der Waals surface area contributed by atoms with Gasteiger partial charge in [0.05, 0.1) is 0 Å². The van der Waals surface area contributed by atoms with Crippen LogP contribution < -0.4 is 13.6 Å². The van der Waals surface area contributed by atoms with Gasteiger partial charge in [0.15, 0.2) is 5.90 Å². The van der Waals surface area contributed by atoms with Crippen molar-refractivity contribution in [3.05, 3.63) is 89.5 Å². The van der Waals surface area contributed by atoms with Gasteiger partial charge >= 0.3 is 7.60 Å². The van der Waals surface area contributed by atoms with E-state index < -0.39 is 15.6 Å². The minimum atomic E-state index is -3.79. The average molecular weight is 430 g/mol. The molecule has 3 aromatic rings. The van der Waals surface area contributed by atoms with Crippen molar-refractivity contribution in [1.29, 1.82) is 0 Å². The lowest BCUT2D eigenvalue weighted by Gasteiger charge is -2.20. The van der Waals surface area contributed by atoms with E-state index in [-0.39, 0.29) is 5.90 Å². The first kappa shape index (κ1) is 21.2. The molecule has 3 rings (SSSR count).